The Kier molecular flexibility index (Phi) is 5.14. The number of hydrogen-bond donors (Lipinski definition) is 1. The third-order valence-electron chi connectivity index (χ3n) is 3.74. The largest absolute Gasteiger partial charge is 0.399 e. The van der Waals surface area contributed by atoms with Gasteiger partial charge in [0.25, 0.3) is 5.91 Å². The molecule has 1 aliphatic heterocycles. The molecule has 0 aromatic heterocycles. The van der Waals surface area contributed by atoms with Crippen molar-refractivity contribution >= 4 is 11.6 Å². The maximum absolute atomic E-state index is 13.7. The summed E-state index contributed by atoms with van der Waals surface area (Å²) in [5.41, 5.74) is 6.11. The second-order valence-corrected chi connectivity index (χ2v) is 5.68. The van der Waals surface area contributed by atoms with Gasteiger partial charge in [0, 0.05) is 45.0 Å². The maximum Gasteiger partial charge on any atom is 0.256 e. The second-order valence-electron chi connectivity index (χ2n) is 5.68. The first kappa shape index (κ1) is 15.7. The molecule has 1 saturated heterocycles. The number of likely N-dealkylation sites (N-methyl/N-ethyl adjacent to an activating group) is 1. The first-order valence-electron chi connectivity index (χ1n) is 7.19. The number of anilines is 1. The van der Waals surface area contributed by atoms with Gasteiger partial charge in [0.15, 0.2) is 0 Å². The highest BCUT2D eigenvalue weighted by Crippen LogP contribution is 2.15. The van der Waals surface area contributed by atoms with Crippen molar-refractivity contribution in [3.05, 3.63) is 29.6 Å². The maximum atomic E-state index is 13.7. The van der Waals surface area contributed by atoms with Crippen LogP contribution in [0.1, 0.15) is 10.4 Å². The minimum absolute atomic E-state index is 0.0664. The van der Waals surface area contributed by atoms with Gasteiger partial charge in [-0.3, -0.25) is 9.69 Å². The van der Waals surface area contributed by atoms with E-state index in [0.29, 0.717) is 18.8 Å². The van der Waals surface area contributed by atoms with Gasteiger partial charge in [-0.2, -0.15) is 0 Å². The first-order valence-corrected chi connectivity index (χ1v) is 7.19. The average Bonchev–Trinajstić information content (AvgIpc) is 2.47. The van der Waals surface area contributed by atoms with Crippen LogP contribution in [-0.2, 0) is 0 Å². The second kappa shape index (κ2) is 6.87. The van der Waals surface area contributed by atoms with Gasteiger partial charge in [-0.25, -0.2) is 4.39 Å². The molecule has 0 spiro atoms. The molecule has 5 nitrogen and oxygen atoms in total. The van der Waals surface area contributed by atoms with E-state index >= 15 is 0 Å². The summed E-state index contributed by atoms with van der Waals surface area (Å²) in [5, 5.41) is 0. The lowest BCUT2D eigenvalue weighted by Gasteiger charge is -2.35. The summed E-state index contributed by atoms with van der Waals surface area (Å²) in [6, 6.07) is 4.12. The zero-order valence-corrected chi connectivity index (χ0v) is 12.7. The molecule has 6 heteroatoms. The molecule has 1 fully saturated rings. The van der Waals surface area contributed by atoms with Crippen molar-refractivity contribution in [1.29, 1.82) is 0 Å². The number of piperazine rings is 1. The normalized spacial score (nSPS) is 16.5. The molecular weight excluding hydrogens is 271 g/mol. The third kappa shape index (κ3) is 4.15. The quantitative estimate of drug-likeness (QED) is 0.832. The number of amides is 1. The standard InChI is InChI=1S/C15H23FN4O/c1-18(2)5-6-19-7-9-20(10-8-19)15(21)13-11-12(17)3-4-14(13)16/h3-4,11H,5-10,17H2,1-2H3. The molecule has 1 aliphatic rings. The Hall–Kier alpha value is -1.66. The van der Waals surface area contributed by atoms with Crippen molar-refractivity contribution in [2.75, 3.05) is 59.1 Å². The molecular formula is C15H23FN4O. The van der Waals surface area contributed by atoms with Crippen molar-refractivity contribution in [3.63, 3.8) is 0 Å². The predicted molar refractivity (Wildman–Crippen MR) is 81.7 cm³/mol. The number of rotatable bonds is 4. The topological polar surface area (TPSA) is 52.8 Å². The smallest absolute Gasteiger partial charge is 0.256 e. The molecule has 1 amide bonds. The number of carbonyl (C=O) groups is 1. The Morgan fingerprint density at radius 1 is 1.29 bits per heavy atom. The van der Waals surface area contributed by atoms with Crippen molar-refractivity contribution in [3.8, 4) is 0 Å². The monoisotopic (exact) mass is 294 g/mol. The average molecular weight is 294 g/mol. The van der Waals surface area contributed by atoms with Crippen molar-refractivity contribution in [2.45, 2.75) is 0 Å². The van der Waals surface area contributed by atoms with E-state index in [4.69, 9.17) is 5.73 Å². The van der Waals surface area contributed by atoms with E-state index in [-0.39, 0.29) is 11.5 Å². The van der Waals surface area contributed by atoms with Crippen LogP contribution in [-0.4, -0.2) is 74.0 Å². The zero-order valence-electron chi connectivity index (χ0n) is 12.7. The van der Waals surface area contributed by atoms with Gasteiger partial charge in [0.1, 0.15) is 5.82 Å². The van der Waals surface area contributed by atoms with Gasteiger partial charge >= 0.3 is 0 Å². The minimum atomic E-state index is -0.510. The van der Waals surface area contributed by atoms with E-state index in [1.807, 2.05) is 14.1 Å². The van der Waals surface area contributed by atoms with Crippen LogP contribution in [0.15, 0.2) is 18.2 Å². The van der Waals surface area contributed by atoms with Crippen molar-refractivity contribution in [1.82, 2.24) is 14.7 Å². The molecule has 0 radical (unpaired) electrons. The summed E-state index contributed by atoms with van der Waals surface area (Å²) < 4.78 is 13.7. The Morgan fingerprint density at radius 2 is 1.95 bits per heavy atom. The highest BCUT2D eigenvalue weighted by atomic mass is 19.1. The Balaban J connectivity index is 1.92. The van der Waals surface area contributed by atoms with Crippen molar-refractivity contribution < 1.29 is 9.18 Å². The van der Waals surface area contributed by atoms with Gasteiger partial charge in [-0.05, 0) is 32.3 Å². The number of halogens is 1. The van der Waals surface area contributed by atoms with E-state index in [2.05, 4.69) is 9.80 Å². The van der Waals surface area contributed by atoms with E-state index in [1.165, 1.54) is 18.2 Å². The van der Waals surface area contributed by atoms with Gasteiger partial charge in [-0.15, -0.1) is 0 Å². The summed E-state index contributed by atoms with van der Waals surface area (Å²) in [7, 11) is 4.09. The van der Waals surface area contributed by atoms with Crippen LogP contribution in [0, 0.1) is 5.82 Å². The highest BCUT2D eigenvalue weighted by molar-refractivity contribution is 5.95. The SMILES string of the molecule is CN(C)CCN1CCN(C(=O)c2cc(N)ccc2F)CC1. The lowest BCUT2D eigenvalue weighted by Crippen LogP contribution is -2.50. The van der Waals surface area contributed by atoms with E-state index < -0.39 is 5.82 Å². The zero-order chi connectivity index (χ0) is 15.4. The molecule has 1 aromatic rings. The molecule has 0 saturated carbocycles. The van der Waals surface area contributed by atoms with Crippen molar-refractivity contribution in [2.24, 2.45) is 0 Å². The fraction of sp³-hybridized carbons (Fsp3) is 0.533. The Morgan fingerprint density at radius 3 is 2.57 bits per heavy atom. The van der Waals surface area contributed by atoms with Gasteiger partial charge in [0.05, 0.1) is 5.56 Å². The van der Waals surface area contributed by atoms with E-state index in [0.717, 1.165) is 26.2 Å². The predicted octanol–water partition coefficient (Wildman–Crippen LogP) is 0.727. The summed E-state index contributed by atoms with van der Waals surface area (Å²) >= 11 is 0. The summed E-state index contributed by atoms with van der Waals surface area (Å²) in [5.74, 6) is -0.781. The first-order chi connectivity index (χ1) is 9.97. The van der Waals surface area contributed by atoms with Crippen LogP contribution in [0.2, 0.25) is 0 Å². The van der Waals surface area contributed by atoms with Crippen LogP contribution in [0.3, 0.4) is 0 Å². The number of nitrogens with two attached hydrogens (primary N) is 1. The van der Waals surface area contributed by atoms with E-state index in [9.17, 15) is 9.18 Å². The summed E-state index contributed by atoms with van der Waals surface area (Å²) in [6.07, 6.45) is 0. The molecule has 2 N–H and O–H groups in total. The Bertz CT molecular complexity index is 498. The molecule has 2 rings (SSSR count). The van der Waals surface area contributed by atoms with Crippen LogP contribution < -0.4 is 5.73 Å². The van der Waals surface area contributed by atoms with Crippen LogP contribution in [0.4, 0.5) is 10.1 Å². The Labute approximate surface area is 125 Å². The fourth-order valence-electron chi connectivity index (χ4n) is 2.39. The minimum Gasteiger partial charge on any atom is -0.399 e. The molecule has 1 heterocycles. The molecule has 1 aromatic carbocycles. The molecule has 0 atom stereocenters. The molecule has 21 heavy (non-hydrogen) atoms. The van der Waals surface area contributed by atoms with Crippen LogP contribution in [0.5, 0.6) is 0 Å². The molecule has 0 aliphatic carbocycles. The van der Waals surface area contributed by atoms with Gasteiger partial charge in [0.2, 0.25) is 0 Å². The third-order valence-corrected chi connectivity index (χ3v) is 3.74. The van der Waals surface area contributed by atoms with Crippen LogP contribution in [0.25, 0.3) is 0 Å². The number of benzene rings is 1. The molecule has 0 bridgehead atoms. The molecule has 116 valence electrons. The summed E-state index contributed by atoms with van der Waals surface area (Å²) in [6.45, 7) is 4.88. The lowest BCUT2D eigenvalue weighted by atomic mass is 10.1. The number of nitrogen functional groups attached to an aromatic ring is 1. The highest BCUT2D eigenvalue weighted by Gasteiger charge is 2.24. The van der Waals surface area contributed by atoms with Gasteiger partial charge < -0.3 is 15.5 Å². The lowest BCUT2D eigenvalue weighted by molar-refractivity contribution is 0.0625. The van der Waals surface area contributed by atoms with E-state index in [1.54, 1.807) is 4.90 Å². The summed E-state index contributed by atoms with van der Waals surface area (Å²) in [4.78, 5) is 18.5. The fourth-order valence-corrected chi connectivity index (χ4v) is 2.39. The number of hydrogen-bond acceptors (Lipinski definition) is 4. The number of carbonyl (C=O) groups excluding carboxylic acids is 1. The molecule has 0 unspecified atom stereocenters. The van der Waals surface area contributed by atoms with Crippen LogP contribution >= 0.6 is 0 Å². The number of nitrogens with zero attached hydrogens (tertiary/aromatic N) is 3. The van der Waals surface area contributed by atoms with Gasteiger partial charge in [-0.1, -0.05) is 0 Å².